The van der Waals surface area contributed by atoms with Gasteiger partial charge in [-0.2, -0.15) is 0 Å². The largest absolute Gasteiger partial charge is 0.481 e. The van der Waals surface area contributed by atoms with E-state index in [9.17, 15) is 9.59 Å². The van der Waals surface area contributed by atoms with Crippen LogP contribution in [0.2, 0.25) is 0 Å². The third kappa shape index (κ3) is 33.1. The van der Waals surface area contributed by atoms with Gasteiger partial charge in [0.2, 0.25) is 0 Å². The average Bonchev–Trinajstić information content (AvgIpc) is 2.95. The number of hydrogen-bond acceptors (Lipinski definition) is 3. The lowest BCUT2D eigenvalue weighted by Gasteiger charge is -2.15. The highest BCUT2D eigenvalue weighted by Gasteiger charge is 2.11. The SMILES string of the molecule is CCCCCCCCC/C=C\C(CCCCCCC(=O)O)OC(=O)CCCCCCCCCCCCCCCCC. The van der Waals surface area contributed by atoms with Crippen LogP contribution < -0.4 is 0 Å². The molecular weight excluding hydrogens is 508 g/mol. The first-order valence-electron chi connectivity index (χ1n) is 18.2. The summed E-state index contributed by atoms with van der Waals surface area (Å²) in [6.07, 6.45) is 39.5. The summed E-state index contributed by atoms with van der Waals surface area (Å²) in [6, 6.07) is 0. The first-order valence-corrected chi connectivity index (χ1v) is 18.2. The third-order valence-electron chi connectivity index (χ3n) is 8.22. The van der Waals surface area contributed by atoms with Gasteiger partial charge in [-0.25, -0.2) is 0 Å². The number of aliphatic carboxylic acids is 1. The van der Waals surface area contributed by atoms with Crippen molar-refractivity contribution in [2.75, 3.05) is 0 Å². The summed E-state index contributed by atoms with van der Waals surface area (Å²) in [6.45, 7) is 4.53. The molecule has 0 spiro atoms. The number of allylic oxidation sites excluding steroid dienone is 1. The molecule has 0 heterocycles. The van der Waals surface area contributed by atoms with Crippen molar-refractivity contribution in [1.29, 1.82) is 0 Å². The number of carboxylic acids is 1. The number of esters is 1. The predicted molar refractivity (Wildman–Crippen MR) is 177 cm³/mol. The van der Waals surface area contributed by atoms with E-state index < -0.39 is 5.97 Å². The summed E-state index contributed by atoms with van der Waals surface area (Å²) in [4.78, 5) is 23.2. The smallest absolute Gasteiger partial charge is 0.306 e. The maximum Gasteiger partial charge on any atom is 0.306 e. The first-order chi connectivity index (χ1) is 20.1. The molecule has 4 heteroatoms. The van der Waals surface area contributed by atoms with E-state index in [0.29, 0.717) is 6.42 Å². The number of carbonyl (C=O) groups excluding carboxylic acids is 1. The zero-order valence-electron chi connectivity index (χ0n) is 27.6. The topological polar surface area (TPSA) is 63.6 Å². The summed E-state index contributed by atoms with van der Waals surface area (Å²) < 4.78 is 5.87. The van der Waals surface area contributed by atoms with Crippen LogP contribution in [-0.4, -0.2) is 23.1 Å². The van der Waals surface area contributed by atoms with E-state index in [1.165, 1.54) is 128 Å². The van der Waals surface area contributed by atoms with E-state index >= 15 is 0 Å². The fourth-order valence-corrected chi connectivity index (χ4v) is 5.51. The van der Waals surface area contributed by atoms with Crippen molar-refractivity contribution in [3.63, 3.8) is 0 Å². The standard InChI is InChI=1S/C37H70O4/c1-3-5-7-9-11-13-14-15-16-17-18-20-22-24-30-34-37(40)41-35(32-28-25-26-29-33-36(38)39)31-27-23-21-19-12-10-8-6-4-2/h27,31,35H,3-26,28-30,32-34H2,1-2H3,(H,38,39)/b31-27-. The Morgan fingerprint density at radius 1 is 0.537 bits per heavy atom. The molecule has 0 fully saturated rings. The molecule has 1 N–H and O–H groups in total. The van der Waals surface area contributed by atoms with Gasteiger partial charge >= 0.3 is 11.9 Å². The number of unbranched alkanes of at least 4 members (excludes halogenated alkanes) is 24. The Kier molecular flexibility index (Phi) is 32.1. The predicted octanol–water partition coefficient (Wildman–Crippen LogP) is 12.3. The number of carboxylic acid groups (broad SMARTS) is 1. The van der Waals surface area contributed by atoms with Crippen LogP contribution >= 0.6 is 0 Å². The van der Waals surface area contributed by atoms with E-state index in [1.807, 2.05) is 0 Å². The van der Waals surface area contributed by atoms with Crippen molar-refractivity contribution in [3.05, 3.63) is 12.2 Å². The van der Waals surface area contributed by atoms with Crippen molar-refractivity contribution in [3.8, 4) is 0 Å². The van der Waals surface area contributed by atoms with Crippen LogP contribution in [0.3, 0.4) is 0 Å². The van der Waals surface area contributed by atoms with E-state index in [2.05, 4.69) is 26.0 Å². The van der Waals surface area contributed by atoms with Crippen molar-refractivity contribution in [1.82, 2.24) is 0 Å². The number of ether oxygens (including phenoxy) is 1. The summed E-state index contributed by atoms with van der Waals surface area (Å²) in [7, 11) is 0. The van der Waals surface area contributed by atoms with Gasteiger partial charge < -0.3 is 9.84 Å². The quantitative estimate of drug-likeness (QED) is 0.0478. The average molecular weight is 579 g/mol. The fraction of sp³-hybridized carbons (Fsp3) is 0.892. The molecule has 0 radical (unpaired) electrons. The molecular formula is C37H70O4. The number of hydrogen-bond donors (Lipinski definition) is 1. The molecule has 1 unspecified atom stereocenters. The molecule has 0 saturated heterocycles. The second-order valence-electron chi connectivity index (χ2n) is 12.4. The molecule has 4 nitrogen and oxygen atoms in total. The van der Waals surface area contributed by atoms with Crippen molar-refractivity contribution < 1.29 is 19.4 Å². The zero-order valence-corrected chi connectivity index (χ0v) is 27.6. The van der Waals surface area contributed by atoms with Gasteiger partial charge in [-0.05, 0) is 44.6 Å². The van der Waals surface area contributed by atoms with Crippen molar-refractivity contribution in [2.24, 2.45) is 0 Å². The van der Waals surface area contributed by atoms with Gasteiger partial charge in [-0.15, -0.1) is 0 Å². The van der Waals surface area contributed by atoms with Gasteiger partial charge in [0.15, 0.2) is 0 Å². The minimum Gasteiger partial charge on any atom is -0.481 e. The Bertz CT molecular complexity index is 585. The highest BCUT2D eigenvalue weighted by Crippen LogP contribution is 2.16. The maximum atomic E-state index is 12.5. The van der Waals surface area contributed by atoms with Gasteiger partial charge in [-0.3, -0.25) is 9.59 Å². The van der Waals surface area contributed by atoms with E-state index in [0.717, 1.165) is 51.4 Å². The molecule has 41 heavy (non-hydrogen) atoms. The summed E-state index contributed by atoms with van der Waals surface area (Å²) >= 11 is 0. The highest BCUT2D eigenvalue weighted by atomic mass is 16.5. The molecule has 0 saturated carbocycles. The number of rotatable bonds is 33. The van der Waals surface area contributed by atoms with E-state index in [4.69, 9.17) is 9.84 Å². The summed E-state index contributed by atoms with van der Waals surface area (Å²) in [5, 5.41) is 8.81. The van der Waals surface area contributed by atoms with Gasteiger partial charge in [0.25, 0.3) is 0 Å². The normalized spacial score (nSPS) is 12.2. The molecule has 0 aliphatic rings. The summed E-state index contributed by atoms with van der Waals surface area (Å²) in [5.74, 6) is -0.778. The van der Waals surface area contributed by atoms with Crippen LogP contribution in [0.4, 0.5) is 0 Å². The maximum absolute atomic E-state index is 12.5. The number of carbonyl (C=O) groups is 2. The molecule has 0 rings (SSSR count). The van der Waals surface area contributed by atoms with Crippen LogP contribution in [0.1, 0.15) is 206 Å². The monoisotopic (exact) mass is 579 g/mol. The van der Waals surface area contributed by atoms with Crippen LogP contribution in [0.15, 0.2) is 12.2 Å². The minimum atomic E-state index is -0.719. The van der Waals surface area contributed by atoms with Crippen molar-refractivity contribution >= 4 is 11.9 Å². The van der Waals surface area contributed by atoms with E-state index in [1.54, 1.807) is 0 Å². The van der Waals surface area contributed by atoms with Crippen molar-refractivity contribution in [2.45, 2.75) is 213 Å². The molecule has 0 aliphatic heterocycles. The van der Waals surface area contributed by atoms with Crippen LogP contribution in [0.5, 0.6) is 0 Å². The molecule has 0 aromatic heterocycles. The van der Waals surface area contributed by atoms with Crippen LogP contribution in [0.25, 0.3) is 0 Å². The van der Waals surface area contributed by atoms with Crippen LogP contribution in [-0.2, 0) is 14.3 Å². The molecule has 0 bridgehead atoms. The highest BCUT2D eigenvalue weighted by molar-refractivity contribution is 5.69. The first kappa shape index (κ1) is 39.7. The Morgan fingerprint density at radius 3 is 1.39 bits per heavy atom. The lowest BCUT2D eigenvalue weighted by molar-refractivity contribution is -0.147. The van der Waals surface area contributed by atoms with Gasteiger partial charge in [-0.1, -0.05) is 161 Å². The Balaban J connectivity index is 3.98. The Hall–Kier alpha value is -1.32. The molecule has 0 amide bonds. The van der Waals surface area contributed by atoms with E-state index in [-0.39, 0.29) is 18.5 Å². The molecule has 0 aliphatic carbocycles. The van der Waals surface area contributed by atoms with Gasteiger partial charge in [0.05, 0.1) is 0 Å². The molecule has 242 valence electrons. The molecule has 1 atom stereocenters. The lowest BCUT2D eigenvalue weighted by Crippen LogP contribution is -2.16. The Labute approximate surface area is 255 Å². The lowest BCUT2D eigenvalue weighted by atomic mass is 10.0. The Morgan fingerprint density at radius 2 is 0.927 bits per heavy atom. The molecule has 0 aromatic carbocycles. The summed E-state index contributed by atoms with van der Waals surface area (Å²) in [5.41, 5.74) is 0. The second-order valence-corrected chi connectivity index (χ2v) is 12.4. The van der Waals surface area contributed by atoms with Gasteiger partial charge in [0, 0.05) is 12.8 Å². The van der Waals surface area contributed by atoms with Gasteiger partial charge in [0.1, 0.15) is 6.10 Å². The second kappa shape index (κ2) is 33.2. The third-order valence-corrected chi connectivity index (χ3v) is 8.22. The van der Waals surface area contributed by atoms with Crippen LogP contribution in [0, 0.1) is 0 Å². The zero-order chi connectivity index (χ0) is 30.1. The fourth-order valence-electron chi connectivity index (χ4n) is 5.51. The minimum absolute atomic E-state index is 0.0591. The molecule has 0 aromatic rings.